The molecule has 2 aromatic rings. The SMILES string of the molecule is C[C@]12CC[C@@H]3c4ccc(F)cc4CC[C@H]3[C@@H]1C[C@H](Cc1cccc(C(N)=O)c1)[C@@H]2O. The summed E-state index contributed by atoms with van der Waals surface area (Å²) in [6.45, 7) is 2.28. The maximum Gasteiger partial charge on any atom is 0.248 e. The topological polar surface area (TPSA) is 63.3 Å². The Balaban J connectivity index is 1.40. The van der Waals surface area contributed by atoms with Crippen molar-refractivity contribution in [1.29, 1.82) is 0 Å². The molecule has 3 aliphatic carbocycles. The normalized spacial score (nSPS) is 34.7. The Kier molecular flexibility index (Phi) is 4.73. The quantitative estimate of drug-likeness (QED) is 0.780. The molecule has 0 aromatic heterocycles. The standard InChI is InChI=1S/C26H30FNO2/c1-26-10-9-21-20-8-6-19(27)13-16(20)5-7-22(21)23(26)14-18(24(26)29)12-15-3-2-4-17(11-15)25(28)30/h2-4,6,8,11,13,18,21-24,29H,5,7,9-10,12,14H2,1H3,(H2,28,30)/t18-,21+,22+,23-,24-,26-/m0/s1. The molecule has 0 bridgehead atoms. The van der Waals surface area contributed by atoms with Gasteiger partial charge in [-0.2, -0.15) is 0 Å². The van der Waals surface area contributed by atoms with Crippen molar-refractivity contribution >= 4 is 5.91 Å². The van der Waals surface area contributed by atoms with Crippen LogP contribution in [0.4, 0.5) is 4.39 Å². The number of rotatable bonds is 3. The molecule has 2 aromatic carbocycles. The van der Waals surface area contributed by atoms with Crippen molar-refractivity contribution in [2.45, 2.75) is 57.5 Å². The maximum absolute atomic E-state index is 13.7. The van der Waals surface area contributed by atoms with Crippen LogP contribution in [0.5, 0.6) is 0 Å². The first-order valence-electron chi connectivity index (χ1n) is 11.2. The maximum atomic E-state index is 13.7. The fourth-order valence-corrected chi connectivity index (χ4v) is 7.05. The van der Waals surface area contributed by atoms with E-state index in [1.807, 2.05) is 24.3 Å². The summed E-state index contributed by atoms with van der Waals surface area (Å²) < 4.78 is 13.7. The van der Waals surface area contributed by atoms with E-state index in [1.165, 1.54) is 11.1 Å². The lowest BCUT2D eigenvalue weighted by Gasteiger charge is -2.50. The van der Waals surface area contributed by atoms with Gasteiger partial charge in [-0.1, -0.05) is 25.1 Å². The molecule has 5 rings (SSSR count). The lowest BCUT2D eigenvalue weighted by Crippen LogP contribution is -2.44. The summed E-state index contributed by atoms with van der Waals surface area (Å²) in [4.78, 5) is 11.5. The summed E-state index contributed by atoms with van der Waals surface area (Å²) >= 11 is 0. The van der Waals surface area contributed by atoms with Crippen molar-refractivity contribution in [3.8, 4) is 0 Å². The van der Waals surface area contributed by atoms with E-state index >= 15 is 0 Å². The van der Waals surface area contributed by atoms with Crippen molar-refractivity contribution in [2.24, 2.45) is 28.9 Å². The van der Waals surface area contributed by atoms with Gasteiger partial charge in [0.05, 0.1) is 6.10 Å². The van der Waals surface area contributed by atoms with Crippen molar-refractivity contribution in [3.63, 3.8) is 0 Å². The zero-order valence-corrected chi connectivity index (χ0v) is 17.5. The number of hydrogen-bond acceptors (Lipinski definition) is 2. The largest absolute Gasteiger partial charge is 0.392 e. The third kappa shape index (κ3) is 3.08. The van der Waals surface area contributed by atoms with Gasteiger partial charge in [0.15, 0.2) is 0 Å². The Bertz CT molecular complexity index is 989. The Morgan fingerprint density at radius 2 is 2.07 bits per heavy atom. The van der Waals surface area contributed by atoms with E-state index < -0.39 is 5.91 Å². The van der Waals surface area contributed by atoms with Gasteiger partial charge >= 0.3 is 0 Å². The minimum absolute atomic E-state index is 0.0648. The summed E-state index contributed by atoms with van der Waals surface area (Å²) in [5.41, 5.74) is 9.49. The van der Waals surface area contributed by atoms with Crippen molar-refractivity contribution in [3.05, 3.63) is 70.5 Å². The van der Waals surface area contributed by atoms with Crippen LogP contribution in [0.25, 0.3) is 0 Å². The molecule has 0 spiro atoms. The van der Waals surface area contributed by atoms with Crippen LogP contribution < -0.4 is 5.73 Å². The number of hydrogen-bond donors (Lipinski definition) is 2. The van der Waals surface area contributed by atoms with Crippen LogP contribution in [0.3, 0.4) is 0 Å². The molecule has 0 saturated heterocycles. The zero-order valence-electron chi connectivity index (χ0n) is 17.5. The number of aliphatic hydroxyl groups excluding tert-OH is 1. The summed E-state index contributed by atoms with van der Waals surface area (Å²) in [5, 5.41) is 11.4. The predicted octanol–water partition coefficient (Wildman–Crippen LogP) is 4.61. The number of aryl methyl sites for hydroxylation is 1. The predicted molar refractivity (Wildman–Crippen MR) is 115 cm³/mol. The summed E-state index contributed by atoms with van der Waals surface area (Å²) in [6, 6.07) is 12.8. The zero-order chi connectivity index (χ0) is 21.0. The molecule has 2 fully saturated rings. The van der Waals surface area contributed by atoms with Crippen molar-refractivity contribution in [1.82, 2.24) is 0 Å². The third-order valence-corrected chi connectivity index (χ3v) is 8.51. The van der Waals surface area contributed by atoms with Gasteiger partial charge in [0.2, 0.25) is 5.91 Å². The molecule has 0 heterocycles. The first-order chi connectivity index (χ1) is 14.4. The van der Waals surface area contributed by atoms with Crippen LogP contribution in [0.15, 0.2) is 42.5 Å². The highest BCUT2D eigenvalue weighted by Gasteiger charge is 2.57. The molecule has 0 unspecified atom stereocenters. The van der Waals surface area contributed by atoms with Crippen molar-refractivity contribution in [2.75, 3.05) is 0 Å². The monoisotopic (exact) mass is 407 g/mol. The smallest absolute Gasteiger partial charge is 0.248 e. The molecule has 3 nitrogen and oxygen atoms in total. The average Bonchev–Trinajstić information content (AvgIpc) is 2.98. The molecule has 0 aliphatic heterocycles. The van der Waals surface area contributed by atoms with E-state index in [-0.39, 0.29) is 23.3 Å². The molecule has 0 radical (unpaired) electrons. The average molecular weight is 408 g/mol. The molecular weight excluding hydrogens is 377 g/mol. The number of carbonyl (C=O) groups is 1. The van der Waals surface area contributed by atoms with Gasteiger partial charge in [0, 0.05) is 5.56 Å². The molecule has 3 aliphatic rings. The Morgan fingerprint density at radius 1 is 1.23 bits per heavy atom. The lowest BCUT2D eigenvalue weighted by atomic mass is 9.55. The van der Waals surface area contributed by atoms with E-state index in [1.54, 1.807) is 18.2 Å². The van der Waals surface area contributed by atoms with E-state index in [9.17, 15) is 14.3 Å². The second-order valence-corrected chi connectivity index (χ2v) is 10.0. The molecule has 158 valence electrons. The summed E-state index contributed by atoms with van der Waals surface area (Å²) in [6.07, 6.45) is 5.53. The number of aliphatic hydroxyl groups is 1. The van der Waals surface area contributed by atoms with E-state index in [0.717, 1.165) is 44.1 Å². The number of primary amides is 1. The first-order valence-corrected chi connectivity index (χ1v) is 11.2. The van der Waals surface area contributed by atoms with Gasteiger partial charge in [0.25, 0.3) is 0 Å². The van der Waals surface area contributed by atoms with Crippen LogP contribution in [0, 0.1) is 29.0 Å². The number of amides is 1. The summed E-state index contributed by atoms with van der Waals surface area (Å²) in [5.74, 6) is 1.16. The number of fused-ring (bicyclic) bond motifs is 5. The first kappa shape index (κ1) is 19.7. The third-order valence-electron chi connectivity index (χ3n) is 8.51. The highest BCUT2D eigenvalue weighted by Crippen LogP contribution is 2.62. The Labute approximate surface area is 177 Å². The Morgan fingerprint density at radius 3 is 2.87 bits per heavy atom. The Hall–Kier alpha value is -2.20. The molecule has 6 atom stereocenters. The minimum atomic E-state index is -0.412. The molecule has 3 N–H and O–H groups in total. The fourth-order valence-electron chi connectivity index (χ4n) is 7.05. The van der Waals surface area contributed by atoms with Crippen molar-refractivity contribution < 1.29 is 14.3 Å². The van der Waals surface area contributed by atoms with Gasteiger partial charge in [-0.3, -0.25) is 4.79 Å². The van der Waals surface area contributed by atoms with Crippen LogP contribution in [0.2, 0.25) is 0 Å². The van der Waals surface area contributed by atoms with Gasteiger partial charge < -0.3 is 10.8 Å². The molecule has 30 heavy (non-hydrogen) atoms. The lowest BCUT2D eigenvalue weighted by molar-refractivity contribution is -0.0325. The van der Waals surface area contributed by atoms with Gasteiger partial charge in [-0.25, -0.2) is 4.39 Å². The highest BCUT2D eigenvalue weighted by molar-refractivity contribution is 5.92. The van der Waals surface area contributed by atoms with E-state index in [2.05, 4.69) is 6.92 Å². The fraction of sp³-hybridized carbons (Fsp3) is 0.500. The van der Waals surface area contributed by atoms with Gasteiger partial charge in [-0.05, 0) is 109 Å². The minimum Gasteiger partial charge on any atom is -0.392 e. The molecule has 1 amide bonds. The second kappa shape index (κ2) is 7.19. The highest BCUT2D eigenvalue weighted by atomic mass is 19.1. The second-order valence-electron chi connectivity index (χ2n) is 10.0. The molecular formula is C26H30FNO2. The van der Waals surface area contributed by atoms with Gasteiger partial charge in [0.1, 0.15) is 5.82 Å². The number of benzene rings is 2. The van der Waals surface area contributed by atoms with Crippen LogP contribution in [0.1, 0.15) is 65.6 Å². The molecule has 2 saturated carbocycles. The van der Waals surface area contributed by atoms with E-state index in [0.29, 0.717) is 23.3 Å². The number of carbonyl (C=O) groups excluding carboxylic acids is 1. The molecule has 4 heteroatoms. The van der Waals surface area contributed by atoms with Crippen LogP contribution >= 0.6 is 0 Å². The van der Waals surface area contributed by atoms with Gasteiger partial charge in [-0.15, -0.1) is 0 Å². The summed E-state index contributed by atoms with van der Waals surface area (Å²) in [7, 11) is 0. The number of halogens is 1. The van der Waals surface area contributed by atoms with E-state index in [4.69, 9.17) is 5.73 Å². The number of nitrogens with two attached hydrogens (primary N) is 1. The van der Waals surface area contributed by atoms with Crippen LogP contribution in [-0.4, -0.2) is 17.1 Å². The van der Waals surface area contributed by atoms with Crippen LogP contribution in [-0.2, 0) is 12.8 Å².